The normalized spacial score (nSPS) is 18.1. The van der Waals surface area contributed by atoms with E-state index in [1.54, 1.807) is 6.07 Å². The number of halogens is 1. The lowest BCUT2D eigenvalue weighted by Crippen LogP contribution is -2.51. The molecule has 4 nitrogen and oxygen atoms in total. The third-order valence-corrected chi connectivity index (χ3v) is 6.29. The van der Waals surface area contributed by atoms with Crippen molar-refractivity contribution in [2.45, 2.75) is 42.4 Å². The molecule has 18 heavy (non-hydrogen) atoms. The Bertz CT molecular complexity index is 561. The van der Waals surface area contributed by atoms with Gasteiger partial charge in [-0.25, -0.2) is 8.42 Å². The van der Waals surface area contributed by atoms with Crippen LogP contribution >= 0.6 is 22.0 Å². The average molecular weight is 308 g/mol. The van der Waals surface area contributed by atoms with E-state index in [4.69, 9.17) is 10.7 Å². The molecule has 1 N–H and O–H groups in total. The van der Waals surface area contributed by atoms with E-state index in [0.29, 0.717) is 4.88 Å². The molecule has 1 heterocycles. The molecule has 0 saturated heterocycles. The van der Waals surface area contributed by atoms with Gasteiger partial charge in [-0.05, 0) is 38.3 Å². The molecule has 0 atom stereocenters. The molecule has 1 saturated carbocycles. The Morgan fingerprint density at radius 1 is 1.50 bits per heavy atom. The van der Waals surface area contributed by atoms with Crippen LogP contribution in [0.15, 0.2) is 16.3 Å². The van der Waals surface area contributed by atoms with Crippen LogP contribution in [0.1, 0.15) is 31.1 Å². The number of nitrogens with one attached hydrogen (secondary N) is 1. The summed E-state index contributed by atoms with van der Waals surface area (Å²) in [6.07, 6.45) is 3.35. The molecule has 0 spiro atoms. The van der Waals surface area contributed by atoms with Crippen molar-refractivity contribution >= 4 is 37.0 Å². The maximum atomic E-state index is 11.8. The summed E-state index contributed by atoms with van der Waals surface area (Å²) in [7, 11) is 1.54. The minimum Gasteiger partial charge on any atom is -0.351 e. The number of carbonyl (C=O) groups is 1. The van der Waals surface area contributed by atoms with Gasteiger partial charge in [0.2, 0.25) is 5.91 Å². The fourth-order valence-corrected chi connectivity index (χ4v) is 4.08. The van der Waals surface area contributed by atoms with E-state index < -0.39 is 9.05 Å². The molecule has 1 aromatic rings. The summed E-state index contributed by atoms with van der Waals surface area (Å²) in [5.41, 5.74) is -0.0737. The summed E-state index contributed by atoms with van der Waals surface area (Å²) < 4.78 is 22.3. The van der Waals surface area contributed by atoms with Gasteiger partial charge in [0.05, 0.1) is 6.42 Å². The molecular weight excluding hydrogens is 294 g/mol. The maximum absolute atomic E-state index is 11.8. The van der Waals surface area contributed by atoms with Gasteiger partial charge in [-0.1, -0.05) is 0 Å². The van der Waals surface area contributed by atoms with Gasteiger partial charge in [0, 0.05) is 21.1 Å². The largest absolute Gasteiger partial charge is 0.351 e. The van der Waals surface area contributed by atoms with Gasteiger partial charge in [-0.2, -0.15) is 0 Å². The topological polar surface area (TPSA) is 63.2 Å². The second-order valence-corrected chi connectivity index (χ2v) is 8.76. The van der Waals surface area contributed by atoms with E-state index in [1.165, 1.54) is 6.07 Å². The van der Waals surface area contributed by atoms with E-state index >= 15 is 0 Å². The van der Waals surface area contributed by atoms with Crippen molar-refractivity contribution in [2.24, 2.45) is 0 Å². The van der Waals surface area contributed by atoms with E-state index in [0.717, 1.165) is 30.6 Å². The Kier molecular flexibility index (Phi) is 3.71. The summed E-state index contributed by atoms with van der Waals surface area (Å²) in [4.78, 5) is 12.5. The van der Waals surface area contributed by atoms with Gasteiger partial charge < -0.3 is 5.32 Å². The van der Waals surface area contributed by atoms with Crippen LogP contribution in [0.3, 0.4) is 0 Å². The number of carbonyl (C=O) groups excluding carboxylic acids is 1. The first-order valence-electron chi connectivity index (χ1n) is 5.63. The van der Waals surface area contributed by atoms with Crippen LogP contribution in [0, 0.1) is 0 Å². The van der Waals surface area contributed by atoms with Crippen molar-refractivity contribution in [1.29, 1.82) is 0 Å². The second-order valence-electron chi connectivity index (χ2n) is 4.80. The van der Waals surface area contributed by atoms with Crippen LogP contribution in [-0.2, 0) is 20.3 Å². The first-order valence-corrected chi connectivity index (χ1v) is 8.75. The molecule has 0 aliphatic heterocycles. The van der Waals surface area contributed by atoms with Crippen LogP contribution in [0.5, 0.6) is 0 Å². The zero-order valence-electron chi connectivity index (χ0n) is 9.90. The lowest BCUT2D eigenvalue weighted by molar-refractivity contribution is -0.123. The van der Waals surface area contributed by atoms with Crippen LogP contribution < -0.4 is 5.32 Å². The highest BCUT2D eigenvalue weighted by molar-refractivity contribution is 8.15. The summed E-state index contributed by atoms with van der Waals surface area (Å²) in [6, 6.07) is 3.06. The van der Waals surface area contributed by atoms with Gasteiger partial charge in [0.1, 0.15) is 4.21 Å². The van der Waals surface area contributed by atoms with E-state index in [1.807, 2.05) is 6.92 Å². The predicted molar refractivity (Wildman–Crippen MR) is 71.5 cm³/mol. The molecule has 0 radical (unpaired) electrons. The van der Waals surface area contributed by atoms with Gasteiger partial charge in [0.25, 0.3) is 9.05 Å². The highest BCUT2D eigenvalue weighted by Gasteiger charge is 2.33. The molecule has 2 rings (SSSR count). The summed E-state index contributed by atoms with van der Waals surface area (Å²) >= 11 is 1.04. The van der Waals surface area contributed by atoms with Crippen molar-refractivity contribution in [3.8, 4) is 0 Å². The highest BCUT2D eigenvalue weighted by Crippen LogP contribution is 2.31. The quantitative estimate of drug-likeness (QED) is 0.868. The molecule has 1 fully saturated rings. The predicted octanol–water partition coefficient (Wildman–Crippen LogP) is 2.28. The van der Waals surface area contributed by atoms with Crippen molar-refractivity contribution in [1.82, 2.24) is 5.32 Å². The van der Waals surface area contributed by atoms with Gasteiger partial charge in [0.15, 0.2) is 0 Å². The molecule has 1 aliphatic rings. The molecule has 1 aromatic heterocycles. The lowest BCUT2D eigenvalue weighted by atomic mass is 9.78. The Morgan fingerprint density at radius 2 is 2.17 bits per heavy atom. The van der Waals surface area contributed by atoms with E-state index in [2.05, 4.69) is 5.32 Å². The standard InChI is InChI=1S/C11H14ClNO3S2/c1-11(5-2-6-11)13-9(14)7-8-3-4-10(17-8)18(12,15)16/h3-4H,2,5-7H2,1H3,(H,13,14). The van der Waals surface area contributed by atoms with Crippen molar-refractivity contribution in [2.75, 3.05) is 0 Å². The summed E-state index contributed by atoms with van der Waals surface area (Å²) in [5, 5.41) is 2.97. The van der Waals surface area contributed by atoms with E-state index in [-0.39, 0.29) is 22.1 Å². The Morgan fingerprint density at radius 3 is 2.61 bits per heavy atom. The smallest absolute Gasteiger partial charge is 0.270 e. The molecule has 0 aromatic carbocycles. The SMILES string of the molecule is CC1(NC(=O)Cc2ccc(S(=O)(=O)Cl)s2)CCC1. The van der Waals surface area contributed by atoms with Crippen LogP contribution in [-0.4, -0.2) is 19.9 Å². The fourth-order valence-electron chi connectivity index (χ4n) is 1.96. The zero-order chi connectivity index (χ0) is 13.4. The maximum Gasteiger partial charge on any atom is 0.270 e. The number of thiophene rings is 1. The Balaban J connectivity index is 1.97. The average Bonchev–Trinajstić information content (AvgIpc) is 2.63. The molecule has 1 amide bonds. The molecule has 0 bridgehead atoms. The van der Waals surface area contributed by atoms with E-state index in [9.17, 15) is 13.2 Å². The number of amides is 1. The molecule has 100 valence electrons. The molecular formula is C11H14ClNO3S2. The highest BCUT2D eigenvalue weighted by atomic mass is 35.7. The number of rotatable bonds is 4. The van der Waals surface area contributed by atoms with Gasteiger partial charge >= 0.3 is 0 Å². The summed E-state index contributed by atoms with van der Waals surface area (Å²) in [6.45, 7) is 2.03. The first kappa shape index (κ1) is 13.8. The van der Waals surface area contributed by atoms with Gasteiger partial charge in [-0.3, -0.25) is 4.79 Å². The first-order chi connectivity index (χ1) is 8.28. The van der Waals surface area contributed by atoms with Crippen LogP contribution in [0.4, 0.5) is 0 Å². The zero-order valence-corrected chi connectivity index (χ0v) is 12.3. The Labute approximate surface area is 115 Å². The minimum absolute atomic E-state index is 0.0717. The van der Waals surface area contributed by atoms with Crippen molar-refractivity contribution in [3.63, 3.8) is 0 Å². The van der Waals surface area contributed by atoms with Crippen LogP contribution in [0.25, 0.3) is 0 Å². The summed E-state index contributed by atoms with van der Waals surface area (Å²) in [5.74, 6) is -0.0717. The second kappa shape index (κ2) is 4.83. The molecule has 1 aliphatic carbocycles. The monoisotopic (exact) mass is 307 g/mol. The Hall–Kier alpha value is -0.590. The molecule has 7 heteroatoms. The lowest BCUT2D eigenvalue weighted by Gasteiger charge is -2.39. The van der Waals surface area contributed by atoms with Crippen molar-refractivity contribution in [3.05, 3.63) is 17.0 Å². The fraction of sp³-hybridized carbons (Fsp3) is 0.545. The minimum atomic E-state index is -3.69. The van der Waals surface area contributed by atoms with Crippen molar-refractivity contribution < 1.29 is 13.2 Å². The third-order valence-electron chi connectivity index (χ3n) is 3.11. The third kappa shape index (κ3) is 3.24. The molecule has 0 unspecified atom stereocenters. The van der Waals surface area contributed by atoms with Gasteiger partial charge in [-0.15, -0.1) is 11.3 Å². The number of hydrogen-bond donors (Lipinski definition) is 1. The number of hydrogen-bond acceptors (Lipinski definition) is 4. The van der Waals surface area contributed by atoms with Crippen LogP contribution in [0.2, 0.25) is 0 Å².